The second-order valence-electron chi connectivity index (χ2n) is 5.91. The molecule has 0 fully saturated rings. The third-order valence-electron chi connectivity index (χ3n) is 4.10. The zero-order valence-electron chi connectivity index (χ0n) is 16.4. The molecule has 0 aliphatic rings. The standard InChI is InChI=1S/C19H20BrN5O4S/c1-21-30(26,27)17-7-5-4-6-14(17)23-18-13(20)11-22-19(25-18)24-15-10-12(28-2)8-9-16(15)29-3/h4-11,21H,1-3H3,(H2,22,23,24,25). The van der Waals surface area contributed by atoms with Crippen molar-refractivity contribution in [2.24, 2.45) is 0 Å². The quantitative estimate of drug-likeness (QED) is 0.435. The maximum absolute atomic E-state index is 12.3. The van der Waals surface area contributed by atoms with Gasteiger partial charge in [-0.2, -0.15) is 4.98 Å². The van der Waals surface area contributed by atoms with Crippen LogP contribution < -0.4 is 24.8 Å². The molecule has 0 unspecified atom stereocenters. The Kier molecular flexibility index (Phi) is 6.75. The number of ether oxygens (including phenoxy) is 2. The lowest BCUT2D eigenvalue weighted by molar-refractivity contribution is 0.405. The number of rotatable bonds is 8. The molecule has 0 aliphatic carbocycles. The van der Waals surface area contributed by atoms with Gasteiger partial charge in [-0.3, -0.25) is 0 Å². The van der Waals surface area contributed by atoms with E-state index < -0.39 is 10.0 Å². The first-order chi connectivity index (χ1) is 14.4. The second-order valence-corrected chi connectivity index (χ2v) is 8.62. The maximum Gasteiger partial charge on any atom is 0.242 e. The molecule has 3 rings (SSSR count). The Morgan fingerprint density at radius 1 is 1.00 bits per heavy atom. The maximum atomic E-state index is 12.3. The molecule has 0 saturated heterocycles. The molecule has 1 aromatic heterocycles. The second kappa shape index (κ2) is 9.28. The third kappa shape index (κ3) is 4.81. The molecule has 0 atom stereocenters. The number of benzene rings is 2. The summed E-state index contributed by atoms with van der Waals surface area (Å²) >= 11 is 3.39. The van der Waals surface area contributed by atoms with Gasteiger partial charge >= 0.3 is 0 Å². The van der Waals surface area contributed by atoms with Crippen LogP contribution in [0.1, 0.15) is 0 Å². The topological polar surface area (TPSA) is 114 Å². The third-order valence-corrected chi connectivity index (χ3v) is 6.15. The minimum atomic E-state index is -3.65. The number of para-hydroxylation sites is 1. The first-order valence-corrected chi connectivity index (χ1v) is 11.0. The highest BCUT2D eigenvalue weighted by Crippen LogP contribution is 2.32. The van der Waals surface area contributed by atoms with Gasteiger partial charge < -0.3 is 20.1 Å². The predicted molar refractivity (Wildman–Crippen MR) is 119 cm³/mol. The van der Waals surface area contributed by atoms with Gasteiger partial charge in [0.15, 0.2) is 0 Å². The molecule has 0 amide bonds. The molecule has 30 heavy (non-hydrogen) atoms. The van der Waals surface area contributed by atoms with Gasteiger partial charge in [0.25, 0.3) is 0 Å². The molecule has 0 saturated carbocycles. The van der Waals surface area contributed by atoms with E-state index in [0.29, 0.717) is 33.2 Å². The average Bonchev–Trinajstić information content (AvgIpc) is 2.76. The van der Waals surface area contributed by atoms with E-state index in [0.717, 1.165) is 0 Å². The van der Waals surface area contributed by atoms with E-state index in [1.54, 1.807) is 56.8 Å². The van der Waals surface area contributed by atoms with Crippen LogP contribution in [0.4, 0.5) is 23.1 Å². The van der Waals surface area contributed by atoms with Gasteiger partial charge in [0.1, 0.15) is 22.2 Å². The van der Waals surface area contributed by atoms with Gasteiger partial charge in [0, 0.05) is 12.3 Å². The predicted octanol–water partition coefficient (Wildman–Crippen LogP) is 3.65. The van der Waals surface area contributed by atoms with Crippen molar-refractivity contribution in [1.29, 1.82) is 0 Å². The first kappa shape index (κ1) is 21.8. The van der Waals surface area contributed by atoms with Crippen LogP contribution >= 0.6 is 15.9 Å². The number of hydrogen-bond acceptors (Lipinski definition) is 8. The Hall–Kier alpha value is -2.89. The Bertz CT molecular complexity index is 1160. The van der Waals surface area contributed by atoms with Crippen LogP contribution in [-0.4, -0.2) is 39.7 Å². The number of hydrogen-bond donors (Lipinski definition) is 3. The molecule has 158 valence electrons. The molecule has 0 radical (unpaired) electrons. The average molecular weight is 494 g/mol. The molecule has 0 bridgehead atoms. The van der Waals surface area contributed by atoms with Crippen molar-refractivity contribution in [2.45, 2.75) is 4.90 Å². The van der Waals surface area contributed by atoms with Crippen LogP contribution in [-0.2, 0) is 10.0 Å². The van der Waals surface area contributed by atoms with E-state index in [9.17, 15) is 8.42 Å². The summed E-state index contributed by atoms with van der Waals surface area (Å²) in [7, 11) is 0.830. The minimum absolute atomic E-state index is 0.0991. The van der Waals surface area contributed by atoms with E-state index in [-0.39, 0.29) is 10.8 Å². The van der Waals surface area contributed by atoms with Crippen molar-refractivity contribution in [1.82, 2.24) is 14.7 Å². The summed E-state index contributed by atoms with van der Waals surface area (Å²) in [6.07, 6.45) is 1.56. The van der Waals surface area contributed by atoms with E-state index in [4.69, 9.17) is 9.47 Å². The lowest BCUT2D eigenvalue weighted by Gasteiger charge is -2.14. The van der Waals surface area contributed by atoms with Crippen molar-refractivity contribution in [2.75, 3.05) is 31.9 Å². The molecular weight excluding hydrogens is 474 g/mol. The highest BCUT2D eigenvalue weighted by molar-refractivity contribution is 9.10. The van der Waals surface area contributed by atoms with Crippen LogP contribution in [0.25, 0.3) is 0 Å². The van der Waals surface area contributed by atoms with Gasteiger partial charge in [-0.25, -0.2) is 18.1 Å². The highest BCUT2D eigenvalue weighted by atomic mass is 79.9. The minimum Gasteiger partial charge on any atom is -0.497 e. The number of nitrogens with zero attached hydrogens (tertiary/aromatic N) is 2. The molecule has 0 spiro atoms. The monoisotopic (exact) mass is 493 g/mol. The van der Waals surface area contributed by atoms with Gasteiger partial charge in [-0.15, -0.1) is 0 Å². The number of halogens is 1. The van der Waals surface area contributed by atoms with Crippen LogP contribution in [0.2, 0.25) is 0 Å². The summed E-state index contributed by atoms with van der Waals surface area (Å²) in [6, 6.07) is 11.8. The summed E-state index contributed by atoms with van der Waals surface area (Å²) in [4.78, 5) is 8.81. The molecule has 3 aromatic rings. The smallest absolute Gasteiger partial charge is 0.242 e. The van der Waals surface area contributed by atoms with Gasteiger partial charge in [-0.1, -0.05) is 12.1 Å². The van der Waals surface area contributed by atoms with Crippen molar-refractivity contribution >= 4 is 49.1 Å². The Morgan fingerprint density at radius 2 is 1.77 bits per heavy atom. The fourth-order valence-electron chi connectivity index (χ4n) is 2.59. The summed E-state index contributed by atoms with van der Waals surface area (Å²) < 4.78 is 38.1. The lowest BCUT2D eigenvalue weighted by atomic mass is 10.2. The van der Waals surface area contributed by atoms with Crippen LogP contribution in [0.15, 0.2) is 58.0 Å². The van der Waals surface area contributed by atoms with Crippen molar-refractivity contribution < 1.29 is 17.9 Å². The van der Waals surface area contributed by atoms with Crippen molar-refractivity contribution in [3.8, 4) is 11.5 Å². The largest absolute Gasteiger partial charge is 0.497 e. The van der Waals surface area contributed by atoms with Gasteiger partial charge in [0.05, 0.1) is 30.1 Å². The van der Waals surface area contributed by atoms with E-state index >= 15 is 0 Å². The zero-order valence-corrected chi connectivity index (χ0v) is 18.8. The van der Waals surface area contributed by atoms with Crippen LogP contribution in [0, 0.1) is 0 Å². The molecule has 11 heteroatoms. The van der Waals surface area contributed by atoms with E-state index in [1.165, 1.54) is 13.1 Å². The number of nitrogens with one attached hydrogen (secondary N) is 3. The van der Waals surface area contributed by atoms with Crippen LogP contribution in [0.3, 0.4) is 0 Å². The molecule has 1 heterocycles. The van der Waals surface area contributed by atoms with Gasteiger partial charge in [-0.05, 0) is 47.2 Å². The summed E-state index contributed by atoms with van der Waals surface area (Å²) in [5.74, 6) is 1.89. The number of anilines is 4. The fraction of sp³-hybridized carbons (Fsp3) is 0.158. The fourth-order valence-corrected chi connectivity index (χ4v) is 3.77. The molecule has 2 aromatic carbocycles. The molecule has 0 aliphatic heterocycles. The van der Waals surface area contributed by atoms with Crippen LogP contribution in [0.5, 0.6) is 11.5 Å². The Morgan fingerprint density at radius 3 is 2.47 bits per heavy atom. The van der Waals surface area contributed by atoms with E-state index in [2.05, 4.69) is 41.3 Å². The Balaban J connectivity index is 1.95. The van der Waals surface area contributed by atoms with Crippen molar-refractivity contribution in [3.63, 3.8) is 0 Å². The number of aromatic nitrogens is 2. The highest BCUT2D eigenvalue weighted by Gasteiger charge is 2.17. The zero-order chi connectivity index (χ0) is 21.7. The van der Waals surface area contributed by atoms with Gasteiger partial charge in [0.2, 0.25) is 16.0 Å². The normalized spacial score (nSPS) is 11.1. The molecule has 9 nitrogen and oxygen atoms in total. The Labute approximate surface area is 183 Å². The SMILES string of the molecule is CNS(=O)(=O)c1ccccc1Nc1nc(Nc2cc(OC)ccc2OC)ncc1Br. The summed E-state index contributed by atoms with van der Waals surface area (Å²) in [6.45, 7) is 0. The number of sulfonamides is 1. The summed E-state index contributed by atoms with van der Waals surface area (Å²) in [5, 5.41) is 6.13. The van der Waals surface area contributed by atoms with Crippen molar-refractivity contribution in [3.05, 3.63) is 53.1 Å². The molecular formula is C19H20BrN5O4S. The molecule has 3 N–H and O–H groups in total. The van der Waals surface area contributed by atoms with E-state index in [1.807, 2.05) is 0 Å². The lowest BCUT2D eigenvalue weighted by Crippen LogP contribution is -2.19. The number of methoxy groups -OCH3 is 2. The first-order valence-electron chi connectivity index (χ1n) is 8.69. The summed E-state index contributed by atoms with van der Waals surface area (Å²) in [5.41, 5.74) is 0.986.